The quantitative estimate of drug-likeness (QED) is 0.877. The minimum Gasteiger partial charge on any atom is -0.326 e. The largest absolute Gasteiger partial charge is 0.326 e. The van der Waals surface area contributed by atoms with Gasteiger partial charge in [0.05, 0.1) is 5.75 Å². The Bertz CT molecular complexity index is 848. The van der Waals surface area contributed by atoms with Gasteiger partial charge in [-0.25, -0.2) is 0 Å². The number of fused-ring (bicyclic) bond motifs is 1. The number of anilines is 2. The molecule has 1 fully saturated rings. The SMILES string of the molecule is CCC(=O)Nc1ccc(C2SCC(=O)N2c2ccc3c(c2)CCC3)cc1. The van der Waals surface area contributed by atoms with Gasteiger partial charge in [-0.3, -0.25) is 14.5 Å². The first-order valence-electron chi connectivity index (χ1n) is 9.11. The first-order chi connectivity index (χ1) is 12.7. The van der Waals surface area contributed by atoms with E-state index < -0.39 is 0 Å². The van der Waals surface area contributed by atoms with E-state index in [1.165, 1.54) is 17.5 Å². The van der Waals surface area contributed by atoms with Gasteiger partial charge in [0.15, 0.2) is 0 Å². The van der Waals surface area contributed by atoms with Crippen LogP contribution in [0.5, 0.6) is 0 Å². The van der Waals surface area contributed by atoms with Crippen molar-refractivity contribution in [1.29, 1.82) is 0 Å². The lowest BCUT2D eigenvalue weighted by Crippen LogP contribution is -2.27. The molecule has 0 spiro atoms. The summed E-state index contributed by atoms with van der Waals surface area (Å²) >= 11 is 1.65. The molecule has 2 aromatic rings. The maximum absolute atomic E-state index is 12.6. The van der Waals surface area contributed by atoms with Crippen LogP contribution in [0.4, 0.5) is 11.4 Å². The predicted molar refractivity (Wildman–Crippen MR) is 107 cm³/mol. The third-order valence-corrected chi connectivity index (χ3v) is 6.24. The maximum Gasteiger partial charge on any atom is 0.238 e. The maximum atomic E-state index is 12.6. The summed E-state index contributed by atoms with van der Waals surface area (Å²) in [4.78, 5) is 26.0. The first kappa shape index (κ1) is 17.2. The van der Waals surface area contributed by atoms with Crippen LogP contribution in [0.1, 0.15) is 41.8 Å². The van der Waals surface area contributed by atoms with Crippen molar-refractivity contribution in [3.63, 3.8) is 0 Å². The summed E-state index contributed by atoms with van der Waals surface area (Å²) in [5.74, 6) is 0.653. The lowest BCUT2D eigenvalue weighted by molar-refractivity contribution is -0.116. The van der Waals surface area contributed by atoms with E-state index in [1.807, 2.05) is 36.1 Å². The van der Waals surface area contributed by atoms with Crippen molar-refractivity contribution in [2.75, 3.05) is 16.0 Å². The Morgan fingerprint density at radius 2 is 1.92 bits per heavy atom. The lowest BCUT2D eigenvalue weighted by atomic mass is 10.1. The standard InChI is InChI=1S/C21H22N2O2S/c1-2-19(24)22-17-9-6-15(7-10-17)21-23(20(25)13-26-21)18-11-8-14-4-3-5-16(14)12-18/h6-12,21H,2-5,13H2,1H3,(H,22,24). The van der Waals surface area contributed by atoms with E-state index in [0.29, 0.717) is 12.2 Å². The Kier molecular flexibility index (Phi) is 4.72. The molecule has 26 heavy (non-hydrogen) atoms. The van der Waals surface area contributed by atoms with Gasteiger partial charge in [-0.1, -0.05) is 25.1 Å². The summed E-state index contributed by atoms with van der Waals surface area (Å²) in [6.45, 7) is 1.83. The number of nitrogens with zero attached hydrogens (tertiary/aromatic N) is 1. The molecular formula is C21H22N2O2S. The smallest absolute Gasteiger partial charge is 0.238 e. The first-order valence-corrected chi connectivity index (χ1v) is 10.2. The molecule has 0 saturated carbocycles. The van der Waals surface area contributed by atoms with Crippen molar-refractivity contribution in [3.8, 4) is 0 Å². The highest BCUT2D eigenvalue weighted by atomic mass is 32.2. The van der Waals surface area contributed by atoms with Gasteiger partial charge in [-0.15, -0.1) is 11.8 Å². The van der Waals surface area contributed by atoms with Gasteiger partial charge in [0, 0.05) is 17.8 Å². The fraction of sp³-hybridized carbons (Fsp3) is 0.333. The fourth-order valence-electron chi connectivity index (χ4n) is 3.64. The van der Waals surface area contributed by atoms with E-state index in [4.69, 9.17) is 0 Å². The van der Waals surface area contributed by atoms with E-state index in [1.54, 1.807) is 11.8 Å². The Morgan fingerprint density at radius 1 is 1.15 bits per heavy atom. The van der Waals surface area contributed by atoms with Gasteiger partial charge in [-0.05, 0) is 60.2 Å². The fourth-order valence-corrected chi connectivity index (χ4v) is 4.82. The zero-order chi connectivity index (χ0) is 18.1. The minimum absolute atomic E-state index is 0.00272. The Morgan fingerprint density at radius 3 is 2.69 bits per heavy atom. The molecule has 134 valence electrons. The van der Waals surface area contributed by atoms with Gasteiger partial charge in [0.25, 0.3) is 0 Å². The van der Waals surface area contributed by atoms with Gasteiger partial charge in [0.1, 0.15) is 5.37 Å². The molecule has 1 atom stereocenters. The summed E-state index contributed by atoms with van der Waals surface area (Å²) in [7, 11) is 0. The van der Waals surface area contributed by atoms with Crippen LogP contribution in [-0.2, 0) is 22.4 Å². The molecule has 2 aliphatic rings. The summed E-state index contributed by atoms with van der Waals surface area (Å²) in [5.41, 5.74) is 5.66. The molecule has 0 bridgehead atoms. The number of hydrogen-bond acceptors (Lipinski definition) is 3. The van der Waals surface area contributed by atoms with Crippen molar-refractivity contribution < 1.29 is 9.59 Å². The molecule has 0 radical (unpaired) electrons. The van der Waals surface area contributed by atoms with Gasteiger partial charge in [0.2, 0.25) is 11.8 Å². The molecule has 1 unspecified atom stereocenters. The van der Waals surface area contributed by atoms with Crippen LogP contribution in [-0.4, -0.2) is 17.6 Å². The predicted octanol–water partition coefficient (Wildman–Crippen LogP) is 4.30. The number of carbonyl (C=O) groups excluding carboxylic acids is 2. The van der Waals surface area contributed by atoms with Gasteiger partial charge in [-0.2, -0.15) is 0 Å². The zero-order valence-electron chi connectivity index (χ0n) is 14.8. The number of nitrogens with one attached hydrogen (secondary N) is 1. The topological polar surface area (TPSA) is 49.4 Å². The van der Waals surface area contributed by atoms with Crippen molar-refractivity contribution in [2.24, 2.45) is 0 Å². The van der Waals surface area contributed by atoms with Crippen LogP contribution >= 0.6 is 11.8 Å². The van der Waals surface area contributed by atoms with Gasteiger partial charge < -0.3 is 5.32 Å². The molecule has 1 saturated heterocycles. The number of carbonyl (C=O) groups is 2. The molecule has 0 aromatic heterocycles. The molecular weight excluding hydrogens is 344 g/mol. The van der Waals surface area contributed by atoms with E-state index in [9.17, 15) is 9.59 Å². The Labute approximate surface area is 158 Å². The van der Waals surface area contributed by atoms with Crippen molar-refractivity contribution in [2.45, 2.75) is 38.0 Å². The molecule has 5 heteroatoms. The number of benzene rings is 2. The molecule has 1 N–H and O–H groups in total. The highest BCUT2D eigenvalue weighted by Crippen LogP contribution is 2.42. The molecule has 2 aromatic carbocycles. The molecule has 1 aliphatic carbocycles. The molecule has 4 rings (SSSR count). The minimum atomic E-state index is -0.0159. The third-order valence-electron chi connectivity index (χ3n) is 5.03. The van der Waals surface area contributed by atoms with E-state index in [0.717, 1.165) is 29.8 Å². The average molecular weight is 366 g/mol. The van der Waals surface area contributed by atoms with E-state index >= 15 is 0 Å². The molecule has 1 aliphatic heterocycles. The molecule has 1 heterocycles. The number of amides is 2. The van der Waals surface area contributed by atoms with Crippen molar-refractivity contribution >= 4 is 35.0 Å². The number of thioether (sulfide) groups is 1. The van der Waals surface area contributed by atoms with Crippen molar-refractivity contribution in [3.05, 3.63) is 59.2 Å². The van der Waals surface area contributed by atoms with Crippen LogP contribution in [0.3, 0.4) is 0 Å². The third kappa shape index (κ3) is 3.23. The molecule has 2 amide bonds. The Balaban J connectivity index is 1.59. The summed E-state index contributed by atoms with van der Waals surface area (Å²) in [5, 5.41) is 2.85. The Hall–Kier alpha value is -2.27. The van der Waals surface area contributed by atoms with Gasteiger partial charge >= 0.3 is 0 Å². The average Bonchev–Trinajstić information content (AvgIpc) is 3.28. The summed E-state index contributed by atoms with van der Waals surface area (Å²) in [6.07, 6.45) is 3.91. The van der Waals surface area contributed by atoms with Crippen LogP contribution in [0.2, 0.25) is 0 Å². The summed E-state index contributed by atoms with van der Waals surface area (Å²) < 4.78 is 0. The van der Waals surface area contributed by atoms with Crippen LogP contribution < -0.4 is 10.2 Å². The monoisotopic (exact) mass is 366 g/mol. The van der Waals surface area contributed by atoms with Crippen molar-refractivity contribution in [1.82, 2.24) is 0 Å². The second kappa shape index (κ2) is 7.16. The second-order valence-electron chi connectivity index (χ2n) is 6.76. The normalized spacial score (nSPS) is 18.9. The van der Waals surface area contributed by atoms with Crippen LogP contribution in [0.25, 0.3) is 0 Å². The molecule has 4 nitrogen and oxygen atoms in total. The number of hydrogen-bond donors (Lipinski definition) is 1. The lowest BCUT2D eigenvalue weighted by Gasteiger charge is -2.25. The van der Waals surface area contributed by atoms with E-state index in [-0.39, 0.29) is 17.2 Å². The number of rotatable bonds is 4. The second-order valence-corrected chi connectivity index (χ2v) is 7.83. The highest BCUT2D eigenvalue weighted by molar-refractivity contribution is 8.00. The van der Waals surface area contributed by atoms with Crippen LogP contribution in [0.15, 0.2) is 42.5 Å². The van der Waals surface area contributed by atoms with E-state index in [2.05, 4.69) is 23.5 Å². The number of aryl methyl sites for hydroxylation is 2. The van der Waals surface area contributed by atoms with Crippen LogP contribution in [0, 0.1) is 0 Å². The highest BCUT2D eigenvalue weighted by Gasteiger charge is 2.34. The summed E-state index contributed by atoms with van der Waals surface area (Å²) in [6, 6.07) is 14.3. The zero-order valence-corrected chi connectivity index (χ0v) is 15.6.